The van der Waals surface area contributed by atoms with Crippen LogP contribution in [0.2, 0.25) is 0 Å². The molecule has 0 unspecified atom stereocenters. The average Bonchev–Trinajstić information content (AvgIpc) is 2.12. The minimum atomic E-state index is -1.85. The number of ketones is 4. The Morgan fingerprint density at radius 1 is 1.00 bits per heavy atom. The van der Waals surface area contributed by atoms with Gasteiger partial charge in [0.1, 0.15) is 11.6 Å². The Morgan fingerprint density at radius 2 is 1.46 bits per heavy atom. The number of carbonyl (C=O) groups excluding carboxylic acids is 6. The van der Waals surface area contributed by atoms with E-state index in [4.69, 9.17) is 0 Å². The Balaban J connectivity index is 0. The van der Waals surface area contributed by atoms with Crippen LogP contribution in [0.15, 0.2) is 0 Å². The van der Waals surface area contributed by atoms with Crippen LogP contribution >= 0.6 is 0 Å². The van der Waals surface area contributed by atoms with Crippen LogP contribution < -0.4 is 0 Å². The maximum absolute atomic E-state index is 10.3. The molecule has 68 valence electrons. The topological polar surface area (TPSA) is 102 Å². The Bertz CT molecular complexity index is 261. The Labute approximate surface area is 85.9 Å². The first-order valence-corrected chi connectivity index (χ1v) is 2.54. The van der Waals surface area contributed by atoms with E-state index in [-0.39, 0.29) is 21.1 Å². The van der Waals surface area contributed by atoms with Gasteiger partial charge in [-0.3, -0.25) is 9.59 Å². The summed E-state index contributed by atoms with van der Waals surface area (Å²) in [4.78, 5) is 60.1. The van der Waals surface area contributed by atoms with Crippen LogP contribution in [-0.4, -0.2) is 35.7 Å². The maximum Gasteiger partial charge on any atom is 0.250 e. The summed E-state index contributed by atoms with van der Waals surface area (Å²) < 4.78 is 0. The first-order chi connectivity index (χ1) is 5.54. The van der Waals surface area contributed by atoms with Crippen LogP contribution in [-0.2, 0) is 49.8 Å². The SMILES string of the molecule is O=[C-]C(=O)C(=O)C(=O)C(=O)C=O.[Mo]. The van der Waals surface area contributed by atoms with Crippen molar-refractivity contribution in [1.29, 1.82) is 0 Å². The molecule has 6 nitrogen and oxygen atoms in total. The van der Waals surface area contributed by atoms with Gasteiger partial charge in [-0.25, -0.2) is 0 Å². The van der Waals surface area contributed by atoms with Crippen molar-refractivity contribution in [2.75, 3.05) is 0 Å². The number of hydrogen-bond acceptors (Lipinski definition) is 6. The number of Topliss-reactive ketones (excluding diaryl/α,β-unsaturated/α-hetero) is 4. The molecule has 0 bridgehead atoms. The fraction of sp³-hybridized carbons (Fsp3) is 0. The zero-order chi connectivity index (χ0) is 9.72. The summed E-state index contributed by atoms with van der Waals surface area (Å²) in [6.07, 6.45) is 0.179. The Hall–Kier alpha value is -1.29. The summed E-state index contributed by atoms with van der Waals surface area (Å²) in [5.41, 5.74) is 0. The van der Waals surface area contributed by atoms with E-state index in [9.17, 15) is 28.8 Å². The molecule has 13 heavy (non-hydrogen) atoms. The molecule has 0 aliphatic heterocycles. The monoisotopic (exact) mass is 267 g/mol. The van der Waals surface area contributed by atoms with Crippen molar-refractivity contribution in [2.24, 2.45) is 0 Å². The van der Waals surface area contributed by atoms with Crippen molar-refractivity contribution in [3.05, 3.63) is 0 Å². The third-order valence-corrected chi connectivity index (χ3v) is 0.836. The molecule has 0 aliphatic rings. The smallest absolute Gasteiger partial charge is 0.250 e. The maximum atomic E-state index is 10.3. The second-order valence-corrected chi connectivity index (χ2v) is 1.57. The molecule has 7 heteroatoms. The van der Waals surface area contributed by atoms with Gasteiger partial charge < -0.3 is 19.2 Å². The second kappa shape index (κ2) is 6.25. The molecule has 0 saturated carbocycles. The van der Waals surface area contributed by atoms with Crippen LogP contribution in [0.4, 0.5) is 0 Å². The van der Waals surface area contributed by atoms with E-state index in [1.54, 1.807) is 0 Å². The second-order valence-electron chi connectivity index (χ2n) is 1.57. The molecule has 0 radical (unpaired) electrons. The standard InChI is InChI=1S/C6HO6.Mo/c7-1-3(9)5(11)6(12)4(10)2-8;/h1H;/q-1;. The normalized spacial score (nSPS) is 7.69. The number of hydrogen-bond donors (Lipinski definition) is 0. The zero-order valence-corrected chi connectivity index (χ0v) is 7.94. The predicted molar refractivity (Wildman–Crippen MR) is 31.8 cm³/mol. The summed E-state index contributed by atoms with van der Waals surface area (Å²) in [5.74, 6) is -7.10. The Kier molecular flexibility index (Phi) is 6.85. The van der Waals surface area contributed by atoms with E-state index >= 15 is 0 Å². The molecule has 0 fully saturated rings. The molecule has 0 N–H and O–H groups in total. The van der Waals surface area contributed by atoms with Gasteiger partial charge in [0.2, 0.25) is 0 Å². The quantitative estimate of drug-likeness (QED) is 0.180. The van der Waals surface area contributed by atoms with Crippen LogP contribution in [0.1, 0.15) is 0 Å². The van der Waals surface area contributed by atoms with Crippen molar-refractivity contribution in [2.45, 2.75) is 0 Å². The molecular formula is C6HMoO6-. The van der Waals surface area contributed by atoms with Gasteiger partial charge >= 0.3 is 0 Å². The van der Waals surface area contributed by atoms with Crippen molar-refractivity contribution in [3.8, 4) is 0 Å². The molecule has 0 heterocycles. The van der Waals surface area contributed by atoms with E-state index in [0.717, 1.165) is 0 Å². The molecule has 0 amide bonds. The van der Waals surface area contributed by atoms with Gasteiger partial charge in [-0.1, -0.05) is 0 Å². The van der Waals surface area contributed by atoms with E-state index in [1.165, 1.54) is 0 Å². The number of aldehydes is 1. The molecular weight excluding hydrogens is 264 g/mol. The molecule has 0 aromatic carbocycles. The van der Waals surface area contributed by atoms with Gasteiger partial charge in [-0.15, -0.1) is 0 Å². The fourth-order valence-corrected chi connectivity index (χ4v) is 0.315. The van der Waals surface area contributed by atoms with Gasteiger partial charge in [-0.2, -0.15) is 0 Å². The largest absolute Gasteiger partial charge is 0.415 e. The zero-order valence-electron chi connectivity index (χ0n) is 5.94. The van der Waals surface area contributed by atoms with Gasteiger partial charge in [0.05, 0.1) is 0 Å². The summed E-state index contributed by atoms with van der Waals surface area (Å²) in [5, 5.41) is 0. The minimum absolute atomic E-state index is 0. The first kappa shape index (κ1) is 14.2. The summed E-state index contributed by atoms with van der Waals surface area (Å²) >= 11 is 0. The van der Waals surface area contributed by atoms with Gasteiger partial charge in [0.25, 0.3) is 5.78 Å². The molecule has 0 aliphatic carbocycles. The van der Waals surface area contributed by atoms with Crippen LogP contribution in [0, 0.1) is 0 Å². The predicted octanol–water partition coefficient (Wildman–Crippen LogP) is -2.43. The molecule has 0 spiro atoms. The van der Waals surface area contributed by atoms with E-state index in [0.29, 0.717) is 6.29 Å². The third-order valence-electron chi connectivity index (χ3n) is 0.836. The van der Waals surface area contributed by atoms with Crippen LogP contribution in [0.25, 0.3) is 0 Å². The van der Waals surface area contributed by atoms with Gasteiger partial charge in [0, 0.05) is 27.4 Å². The van der Waals surface area contributed by atoms with Crippen LogP contribution in [0.5, 0.6) is 0 Å². The van der Waals surface area contributed by atoms with E-state index in [1.807, 2.05) is 0 Å². The Morgan fingerprint density at radius 3 is 1.77 bits per heavy atom. The molecule has 0 aromatic rings. The number of carbonyl (C=O) groups is 5. The third kappa shape index (κ3) is 3.75. The summed E-state index contributed by atoms with van der Waals surface area (Å²) in [6, 6.07) is 0. The first-order valence-electron chi connectivity index (χ1n) is 2.54. The van der Waals surface area contributed by atoms with Crippen LogP contribution in [0.3, 0.4) is 0 Å². The molecule has 0 aromatic heterocycles. The van der Waals surface area contributed by atoms with E-state index in [2.05, 4.69) is 0 Å². The van der Waals surface area contributed by atoms with Gasteiger partial charge in [0.15, 0.2) is 12.1 Å². The molecule has 0 saturated heterocycles. The van der Waals surface area contributed by atoms with Crippen molar-refractivity contribution in [3.63, 3.8) is 0 Å². The minimum Gasteiger partial charge on any atom is -0.415 e. The van der Waals surface area contributed by atoms with E-state index < -0.39 is 29.4 Å². The summed E-state index contributed by atoms with van der Waals surface area (Å²) in [6.45, 7) is 0. The van der Waals surface area contributed by atoms with Gasteiger partial charge in [-0.05, 0) is 0 Å². The average molecular weight is 265 g/mol. The fourth-order valence-electron chi connectivity index (χ4n) is 0.315. The van der Waals surface area contributed by atoms with Crippen molar-refractivity contribution < 1.29 is 49.8 Å². The van der Waals surface area contributed by atoms with Crippen molar-refractivity contribution in [1.82, 2.24) is 0 Å². The van der Waals surface area contributed by atoms with Crippen molar-refractivity contribution >= 4 is 35.7 Å². The number of rotatable bonds is 5. The molecule has 0 rings (SSSR count). The summed E-state index contributed by atoms with van der Waals surface area (Å²) in [7, 11) is 0. The molecule has 0 atom stereocenters.